The molecule has 0 amide bonds. The van der Waals surface area contributed by atoms with Gasteiger partial charge in [0.25, 0.3) is 0 Å². The maximum Gasteiger partial charge on any atom is 0.241 e. The van der Waals surface area contributed by atoms with Crippen LogP contribution in [-0.2, 0) is 10.0 Å². The Morgan fingerprint density at radius 3 is 2.30 bits per heavy atom. The van der Waals surface area contributed by atoms with Crippen molar-refractivity contribution in [2.24, 2.45) is 16.7 Å². The Hall–Kier alpha value is -0.580. The summed E-state index contributed by atoms with van der Waals surface area (Å²) in [4.78, 5) is 0.274. The van der Waals surface area contributed by atoms with Crippen LogP contribution in [0.25, 0.3) is 0 Å². The van der Waals surface area contributed by atoms with Gasteiger partial charge < -0.3 is 0 Å². The highest BCUT2D eigenvalue weighted by Gasteiger charge is 2.61. The third kappa shape index (κ3) is 2.73. The van der Waals surface area contributed by atoms with Crippen LogP contribution < -0.4 is 4.72 Å². The van der Waals surface area contributed by atoms with Gasteiger partial charge in [-0.1, -0.05) is 31.5 Å². The molecule has 4 aliphatic carbocycles. The molecule has 126 valence electrons. The van der Waals surface area contributed by atoms with Crippen molar-refractivity contribution in [2.75, 3.05) is 0 Å². The van der Waals surface area contributed by atoms with Crippen LogP contribution in [-0.4, -0.2) is 14.0 Å². The summed E-state index contributed by atoms with van der Waals surface area (Å²) in [6.45, 7) is 4.69. The highest BCUT2D eigenvalue weighted by Crippen LogP contribution is 2.66. The molecule has 2 unspecified atom stereocenters. The number of nitrogens with one attached hydrogen (secondary N) is 1. The average molecular weight is 354 g/mol. The fourth-order valence-electron chi connectivity index (χ4n) is 6.54. The largest absolute Gasteiger partial charge is 0.241 e. The third-order valence-electron chi connectivity index (χ3n) is 6.08. The Morgan fingerprint density at radius 2 is 1.74 bits per heavy atom. The van der Waals surface area contributed by atoms with E-state index in [1.807, 2.05) is 0 Å². The summed E-state index contributed by atoms with van der Waals surface area (Å²) in [7, 11) is -3.53. The molecule has 1 N–H and O–H groups in total. The molecule has 4 bridgehead atoms. The molecule has 0 spiro atoms. The fourth-order valence-corrected chi connectivity index (χ4v) is 8.25. The summed E-state index contributed by atoms with van der Waals surface area (Å²) >= 11 is 5.98. The van der Waals surface area contributed by atoms with Crippen molar-refractivity contribution in [1.82, 2.24) is 4.72 Å². The van der Waals surface area contributed by atoms with Crippen molar-refractivity contribution in [2.45, 2.75) is 62.8 Å². The molecule has 23 heavy (non-hydrogen) atoms. The maximum absolute atomic E-state index is 12.9. The number of halogens is 1. The van der Waals surface area contributed by atoms with E-state index in [0.717, 1.165) is 19.3 Å². The van der Waals surface area contributed by atoms with E-state index in [0.29, 0.717) is 10.9 Å². The van der Waals surface area contributed by atoms with Crippen molar-refractivity contribution in [3.8, 4) is 0 Å². The van der Waals surface area contributed by atoms with Gasteiger partial charge in [-0.05, 0) is 73.5 Å². The molecule has 4 fully saturated rings. The van der Waals surface area contributed by atoms with Crippen molar-refractivity contribution in [1.29, 1.82) is 0 Å². The van der Waals surface area contributed by atoms with Crippen LogP contribution in [0.3, 0.4) is 0 Å². The molecule has 0 heterocycles. The molecule has 4 saturated carbocycles. The second-order valence-corrected chi connectivity index (χ2v) is 11.1. The Morgan fingerprint density at radius 1 is 1.09 bits per heavy atom. The lowest BCUT2D eigenvalue weighted by Gasteiger charge is -2.65. The highest BCUT2D eigenvalue weighted by atomic mass is 35.5. The van der Waals surface area contributed by atoms with E-state index in [4.69, 9.17) is 11.6 Å². The minimum absolute atomic E-state index is 0.274. The number of sulfonamides is 1. The number of hydrogen-bond acceptors (Lipinski definition) is 2. The first-order valence-electron chi connectivity index (χ1n) is 8.41. The predicted octanol–water partition coefficient (Wildman–Crippen LogP) is 4.37. The van der Waals surface area contributed by atoms with E-state index < -0.39 is 10.0 Å². The molecular weight excluding hydrogens is 330 g/mol. The van der Waals surface area contributed by atoms with Crippen molar-refractivity contribution >= 4 is 21.6 Å². The topological polar surface area (TPSA) is 46.2 Å². The van der Waals surface area contributed by atoms with Crippen molar-refractivity contribution in [3.05, 3.63) is 29.3 Å². The van der Waals surface area contributed by atoms with E-state index in [1.54, 1.807) is 18.2 Å². The van der Waals surface area contributed by atoms with E-state index >= 15 is 0 Å². The lowest BCUT2D eigenvalue weighted by molar-refractivity contribution is -0.110. The maximum atomic E-state index is 12.9. The van der Waals surface area contributed by atoms with Crippen LogP contribution in [0.1, 0.15) is 52.4 Å². The van der Waals surface area contributed by atoms with Crippen LogP contribution in [0.15, 0.2) is 29.2 Å². The van der Waals surface area contributed by atoms with Gasteiger partial charge in [-0.3, -0.25) is 0 Å². The van der Waals surface area contributed by atoms with Gasteiger partial charge in [0.2, 0.25) is 10.0 Å². The average Bonchev–Trinajstić information content (AvgIpc) is 2.32. The first-order valence-corrected chi connectivity index (χ1v) is 10.3. The second-order valence-electron chi connectivity index (χ2n) is 8.97. The molecule has 1 aromatic rings. The summed E-state index contributed by atoms with van der Waals surface area (Å²) in [6.07, 6.45) is 6.65. The van der Waals surface area contributed by atoms with Gasteiger partial charge in [0.1, 0.15) is 0 Å². The molecule has 0 aliphatic heterocycles. The molecule has 5 heteroatoms. The van der Waals surface area contributed by atoms with Gasteiger partial charge in [0, 0.05) is 10.6 Å². The molecule has 5 rings (SSSR count). The first kappa shape index (κ1) is 15.9. The van der Waals surface area contributed by atoms with E-state index in [1.165, 1.54) is 25.3 Å². The lowest BCUT2D eigenvalue weighted by Crippen LogP contribution is -2.65. The molecule has 0 radical (unpaired) electrons. The van der Waals surface area contributed by atoms with Crippen LogP contribution in [0.5, 0.6) is 0 Å². The number of benzene rings is 1. The standard InChI is InChI=1S/C18H24ClNO2S/c1-16-7-13-8-17(2,10-16)12-18(9-13,11-16)20-23(21,22)15-5-3-4-14(19)6-15/h3-6,13,20H,7-12H2,1-2H3. The van der Waals surface area contributed by atoms with Crippen LogP contribution in [0.2, 0.25) is 5.02 Å². The fraction of sp³-hybridized carbons (Fsp3) is 0.667. The molecule has 2 atom stereocenters. The molecule has 1 aromatic carbocycles. The van der Waals surface area contributed by atoms with Crippen molar-refractivity contribution in [3.63, 3.8) is 0 Å². The molecule has 3 nitrogen and oxygen atoms in total. The van der Waals surface area contributed by atoms with Crippen LogP contribution >= 0.6 is 11.6 Å². The smallest absolute Gasteiger partial charge is 0.207 e. The van der Waals surface area contributed by atoms with Gasteiger partial charge in [0.05, 0.1) is 4.90 Å². The summed E-state index contributed by atoms with van der Waals surface area (Å²) < 4.78 is 28.9. The molecule has 0 aromatic heterocycles. The Bertz CT molecular complexity index is 742. The summed E-state index contributed by atoms with van der Waals surface area (Å²) in [5.74, 6) is 0.656. The SMILES string of the molecule is CC12CC3CC(C)(C1)CC(NS(=O)(=O)c1cccc(Cl)c1)(C3)C2. The summed E-state index contributed by atoms with van der Waals surface area (Å²) in [5.41, 5.74) is 0.292. The summed E-state index contributed by atoms with van der Waals surface area (Å²) in [5, 5.41) is 0.456. The summed E-state index contributed by atoms with van der Waals surface area (Å²) in [6, 6.07) is 6.55. The van der Waals surface area contributed by atoms with Gasteiger partial charge in [-0.15, -0.1) is 0 Å². The lowest BCUT2D eigenvalue weighted by atomic mass is 9.43. The zero-order valence-electron chi connectivity index (χ0n) is 13.7. The first-order chi connectivity index (χ1) is 10.6. The second kappa shape index (κ2) is 4.74. The van der Waals surface area contributed by atoms with Gasteiger partial charge in [-0.25, -0.2) is 13.1 Å². The third-order valence-corrected chi connectivity index (χ3v) is 7.89. The Kier molecular flexibility index (Phi) is 3.28. The van der Waals surface area contributed by atoms with E-state index in [2.05, 4.69) is 18.6 Å². The highest BCUT2D eigenvalue weighted by molar-refractivity contribution is 7.89. The monoisotopic (exact) mass is 353 g/mol. The van der Waals surface area contributed by atoms with Gasteiger partial charge in [-0.2, -0.15) is 0 Å². The van der Waals surface area contributed by atoms with Gasteiger partial charge in [0.15, 0.2) is 0 Å². The molecule has 0 saturated heterocycles. The zero-order valence-corrected chi connectivity index (χ0v) is 15.3. The van der Waals surface area contributed by atoms with E-state index in [9.17, 15) is 8.42 Å². The van der Waals surface area contributed by atoms with E-state index in [-0.39, 0.29) is 21.3 Å². The Labute approximate surface area is 143 Å². The Balaban J connectivity index is 1.68. The normalized spacial score (nSPS) is 42.1. The quantitative estimate of drug-likeness (QED) is 0.877. The van der Waals surface area contributed by atoms with Gasteiger partial charge >= 0.3 is 0 Å². The van der Waals surface area contributed by atoms with Crippen LogP contribution in [0.4, 0.5) is 0 Å². The minimum atomic E-state index is -3.53. The van der Waals surface area contributed by atoms with Crippen molar-refractivity contribution < 1.29 is 8.42 Å². The number of hydrogen-bond donors (Lipinski definition) is 1. The number of rotatable bonds is 3. The molecule has 4 aliphatic rings. The molecular formula is C18H24ClNO2S. The predicted molar refractivity (Wildman–Crippen MR) is 91.9 cm³/mol. The minimum Gasteiger partial charge on any atom is -0.207 e. The van der Waals surface area contributed by atoms with Crippen LogP contribution in [0, 0.1) is 16.7 Å². The zero-order chi connectivity index (χ0) is 16.5.